The van der Waals surface area contributed by atoms with Crippen molar-refractivity contribution >= 4 is 35.5 Å². The van der Waals surface area contributed by atoms with E-state index in [1.807, 2.05) is 12.1 Å². The van der Waals surface area contributed by atoms with Gasteiger partial charge in [0, 0.05) is 5.56 Å². The number of carbonyl (C=O) groups excluding carboxylic acids is 4. The predicted molar refractivity (Wildman–Crippen MR) is 136 cm³/mol. The van der Waals surface area contributed by atoms with E-state index in [0.717, 1.165) is 22.7 Å². The number of rotatable bonds is 6. The van der Waals surface area contributed by atoms with Gasteiger partial charge in [0.05, 0.1) is 5.69 Å². The van der Waals surface area contributed by atoms with Crippen LogP contribution in [-0.4, -0.2) is 30.4 Å². The van der Waals surface area contributed by atoms with E-state index >= 15 is 0 Å². The Morgan fingerprint density at radius 1 is 0.973 bits per heavy atom. The summed E-state index contributed by atoms with van der Waals surface area (Å²) in [7, 11) is 0. The van der Waals surface area contributed by atoms with Gasteiger partial charge in [-0.2, -0.15) is 0 Å². The zero-order valence-electron chi connectivity index (χ0n) is 20.4. The molecule has 0 aromatic heterocycles. The van der Waals surface area contributed by atoms with E-state index in [0.29, 0.717) is 11.3 Å². The van der Waals surface area contributed by atoms with Gasteiger partial charge in [0.1, 0.15) is 11.3 Å². The van der Waals surface area contributed by atoms with Crippen LogP contribution in [0.2, 0.25) is 0 Å². The lowest BCUT2D eigenvalue weighted by Gasteiger charge is -2.57. The number of ether oxygens (including phenoxy) is 1. The molecule has 2 aromatic rings. The maximum Gasteiger partial charge on any atom is 0.335 e. The second kappa shape index (κ2) is 8.87. The van der Waals surface area contributed by atoms with Crippen LogP contribution < -0.4 is 20.7 Å². The number of urea groups is 1. The number of para-hydroxylation sites is 1. The molecule has 3 N–H and O–H groups in total. The van der Waals surface area contributed by atoms with Gasteiger partial charge < -0.3 is 10.5 Å². The molecule has 1 saturated heterocycles. The van der Waals surface area contributed by atoms with Crippen molar-refractivity contribution in [2.75, 3.05) is 11.5 Å². The Labute approximate surface area is 214 Å². The molecule has 4 aliphatic carbocycles. The van der Waals surface area contributed by atoms with Gasteiger partial charge in [0.2, 0.25) is 0 Å². The van der Waals surface area contributed by atoms with Gasteiger partial charge in [0.25, 0.3) is 17.7 Å². The van der Waals surface area contributed by atoms with Crippen LogP contribution in [0.15, 0.2) is 54.1 Å². The quantitative estimate of drug-likeness (QED) is 0.464. The maximum absolute atomic E-state index is 13.4. The first-order valence-electron chi connectivity index (χ1n) is 12.8. The molecule has 0 atom stereocenters. The third-order valence-corrected chi connectivity index (χ3v) is 8.47. The summed E-state index contributed by atoms with van der Waals surface area (Å²) in [6.45, 7) is -0.346. The van der Waals surface area contributed by atoms with E-state index in [1.165, 1.54) is 50.2 Å². The summed E-state index contributed by atoms with van der Waals surface area (Å²) in [5.74, 6) is 0.569. The zero-order chi connectivity index (χ0) is 25.7. The van der Waals surface area contributed by atoms with Crippen LogP contribution >= 0.6 is 0 Å². The topological polar surface area (TPSA) is 119 Å². The van der Waals surface area contributed by atoms with Crippen LogP contribution in [-0.2, 0) is 19.8 Å². The molecule has 5 amide bonds. The lowest BCUT2D eigenvalue weighted by atomic mass is 9.48. The Morgan fingerprint density at radius 2 is 1.59 bits per heavy atom. The highest BCUT2D eigenvalue weighted by molar-refractivity contribution is 6.39. The number of hydrogen-bond donors (Lipinski definition) is 2. The third kappa shape index (κ3) is 4.20. The first-order valence-corrected chi connectivity index (χ1v) is 12.8. The Bertz CT molecular complexity index is 1290. The number of nitrogens with two attached hydrogens (primary N) is 1. The third-order valence-electron chi connectivity index (χ3n) is 8.47. The van der Waals surface area contributed by atoms with Crippen LogP contribution in [0.4, 0.5) is 10.5 Å². The van der Waals surface area contributed by atoms with Crippen molar-refractivity contribution < 1.29 is 23.9 Å². The van der Waals surface area contributed by atoms with Crippen molar-refractivity contribution in [2.45, 2.75) is 43.9 Å². The molecule has 2 aromatic carbocycles. The molecule has 0 unspecified atom stereocenters. The highest BCUT2D eigenvalue weighted by Gasteiger charge is 2.51. The molecule has 7 rings (SSSR count). The van der Waals surface area contributed by atoms with Gasteiger partial charge in [-0.15, -0.1) is 0 Å². The van der Waals surface area contributed by atoms with Crippen LogP contribution in [0.1, 0.15) is 49.7 Å². The number of carbonyl (C=O) groups is 4. The molecule has 1 aliphatic heterocycles. The monoisotopic (exact) mass is 499 g/mol. The number of amides is 5. The first kappa shape index (κ1) is 23.5. The van der Waals surface area contributed by atoms with Crippen LogP contribution in [0, 0.1) is 17.8 Å². The van der Waals surface area contributed by atoms with Crippen molar-refractivity contribution in [3.63, 3.8) is 0 Å². The predicted octanol–water partition coefficient (Wildman–Crippen LogP) is 3.68. The van der Waals surface area contributed by atoms with Crippen molar-refractivity contribution in [3.8, 4) is 5.75 Å². The van der Waals surface area contributed by atoms with Gasteiger partial charge in [-0.05, 0) is 91.5 Å². The number of primary amides is 1. The van der Waals surface area contributed by atoms with Gasteiger partial charge >= 0.3 is 6.03 Å². The van der Waals surface area contributed by atoms with E-state index < -0.39 is 23.8 Å². The molecular formula is C29H29N3O5. The van der Waals surface area contributed by atoms with Crippen molar-refractivity contribution in [1.29, 1.82) is 0 Å². The standard InChI is InChI=1S/C29H29N3O5/c30-25(33)16-37-24-4-2-1-3-20(24)12-23-26(34)31-28(36)32(27(23)35)22-7-5-21(6-8-22)29-13-17-9-18(14-29)11-19(10-17)15-29/h1-8,12,17-19H,9-11,13-16H2,(H2,30,33)(H,31,34,36)/b23-12-. The van der Waals surface area contributed by atoms with Crippen molar-refractivity contribution in [3.05, 3.63) is 65.2 Å². The highest BCUT2D eigenvalue weighted by Crippen LogP contribution is 2.60. The normalized spacial score (nSPS) is 29.5. The number of imide groups is 2. The summed E-state index contributed by atoms with van der Waals surface area (Å²) < 4.78 is 5.41. The molecule has 0 radical (unpaired) electrons. The number of benzene rings is 2. The molecular weight excluding hydrogens is 470 g/mol. The minimum Gasteiger partial charge on any atom is -0.483 e. The lowest BCUT2D eigenvalue weighted by Crippen LogP contribution is -2.54. The fraction of sp³-hybridized carbons (Fsp3) is 0.379. The minimum atomic E-state index is -0.791. The summed E-state index contributed by atoms with van der Waals surface area (Å²) in [6, 6.07) is 13.6. The Hall–Kier alpha value is -3.94. The Morgan fingerprint density at radius 3 is 2.22 bits per heavy atom. The molecule has 8 nitrogen and oxygen atoms in total. The SMILES string of the molecule is NC(=O)COc1ccccc1/C=C1/C(=O)NC(=O)N(c2ccc(C34CC5CC(CC(C5)C3)C4)cc2)C1=O. The van der Waals surface area contributed by atoms with E-state index in [-0.39, 0.29) is 23.3 Å². The molecule has 190 valence electrons. The molecule has 5 aliphatic rings. The van der Waals surface area contributed by atoms with Crippen LogP contribution in [0.3, 0.4) is 0 Å². The molecule has 8 heteroatoms. The number of anilines is 1. The van der Waals surface area contributed by atoms with E-state index in [1.54, 1.807) is 24.3 Å². The smallest absolute Gasteiger partial charge is 0.335 e. The summed E-state index contributed by atoms with van der Waals surface area (Å²) in [5.41, 5.74) is 7.27. The lowest BCUT2D eigenvalue weighted by molar-refractivity contribution is -0.123. The molecule has 0 spiro atoms. The Kier molecular flexibility index (Phi) is 5.62. The summed E-state index contributed by atoms with van der Waals surface area (Å²) >= 11 is 0. The van der Waals surface area contributed by atoms with E-state index in [2.05, 4.69) is 17.4 Å². The van der Waals surface area contributed by atoms with E-state index in [9.17, 15) is 19.2 Å². The van der Waals surface area contributed by atoms with Gasteiger partial charge in [-0.1, -0.05) is 30.3 Å². The fourth-order valence-corrected chi connectivity index (χ4v) is 7.36. The van der Waals surface area contributed by atoms with Crippen LogP contribution in [0.25, 0.3) is 6.08 Å². The van der Waals surface area contributed by atoms with E-state index in [4.69, 9.17) is 10.5 Å². The summed E-state index contributed by atoms with van der Waals surface area (Å²) in [6.07, 6.45) is 9.11. The largest absolute Gasteiger partial charge is 0.483 e. The summed E-state index contributed by atoms with van der Waals surface area (Å²) in [5, 5.41) is 2.27. The van der Waals surface area contributed by atoms with Crippen molar-refractivity contribution in [1.82, 2.24) is 5.32 Å². The van der Waals surface area contributed by atoms with Gasteiger partial charge in [0.15, 0.2) is 6.61 Å². The number of nitrogens with one attached hydrogen (secondary N) is 1. The van der Waals surface area contributed by atoms with Gasteiger partial charge in [-0.25, -0.2) is 9.69 Å². The zero-order valence-corrected chi connectivity index (χ0v) is 20.4. The summed E-state index contributed by atoms with van der Waals surface area (Å²) in [4.78, 5) is 50.9. The van der Waals surface area contributed by atoms with Crippen molar-refractivity contribution in [2.24, 2.45) is 23.5 Å². The molecule has 1 heterocycles. The minimum absolute atomic E-state index is 0.205. The average molecular weight is 500 g/mol. The first-order chi connectivity index (χ1) is 17.8. The highest BCUT2D eigenvalue weighted by atomic mass is 16.5. The molecule has 5 fully saturated rings. The average Bonchev–Trinajstić information content (AvgIpc) is 2.85. The second-order valence-electron chi connectivity index (χ2n) is 11.0. The van der Waals surface area contributed by atoms with Crippen LogP contribution in [0.5, 0.6) is 5.75 Å². The fourth-order valence-electron chi connectivity index (χ4n) is 7.36. The van der Waals surface area contributed by atoms with Gasteiger partial charge in [-0.3, -0.25) is 19.7 Å². The molecule has 4 bridgehead atoms. The number of nitrogens with zero attached hydrogens (tertiary/aromatic N) is 1. The number of barbiturate groups is 1. The Balaban J connectivity index is 1.28. The maximum atomic E-state index is 13.4. The molecule has 37 heavy (non-hydrogen) atoms. The second-order valence-corrected chi connectivity index (χ2v) is 11.0. The molecule has 4 saturated carbocycles. The number of hydrogen-bond acceptors (Lipinski definition) is 5.